The number of hydrogen-bond acceptors (Lipinski definition) is 15. The second-order valence-electron chi connectivity index (χ2n) is 15.3. The van der Waals surface area contributed by atoms with Gasteiger partial charge in [-0.1, -0.05) is 48.6 Å². The number of carbonyl (C=O) groups is 3. The fourth-order valence-corrected chi connectivity index (χ4v) is 6.31. The zero-order chi connectivity index (χ0) is 41.1. The number of cyclic esters (lactones) is 1. The largest absolute Gasteiger partial charge is 0.481 e. The number of aliphatic hydroxyl groups excluding tert-OH is 4. The SMILES string of the molecule is COC(=O)C(C)(C)C.C[C@@H]1C/C=C/C=C/C=C/C=C/[C@H](O[C@@H]2O[C@H](C)[C@@H](O)[C@H](N)[C@@H]2O)C[C@@H]2O[C@](O)(C[C@@H](O)C[C@H]3O[C@@H]3/C=C/C(=O)O1)C[C@H](O)[C@H]2C(=O)O. The Bertz CT molecular complexity index is 1420. The van der Waals surface area contributed by atoms with Gasteiger partial charge in [0, 0.05) is 38.2 Å². The van der Waals surface area contributed by atoms with Crippen LogP contribution in [0.2, 0.25) is 0 Å². The van der Waals surface area contributed by atoms with Gasteiger partial charge in [0.25, 0.3) is 0 Å². The molecule has 3 saturated heterocycles. The van der Waals surface area contributed by atoms with E-state index in [2.05, 4.69) is 4.74 Å². The van der Waals surface area contributed by atoms with Gasteiger partial charge in [-0.05, 0) is 40.7 Å². The number of carbonyl (C=O) groups excluding carboxylic acids is 2. The van der Waals surface area contributed by atoms with Crippen LogP contribution in [0, 0.1) is 11.3 Å². The van der Waals surface area contributed by atoms with E-state index in [9.17, 15) is 45.0 Å². The maximum atomic E-state index is 12.3. The third kappa shape index (κ3) is 14.6. The highest BCUT2D eigenvalue weighted by Gasteiger charge is 2.51. The van der Waals surface area contributed by atoms with E-state index in [1.165, 1.54) is 19.3 Å². The number of fused-ring (bicyclic) bond motifs is 3. The highest BCUT2D eigenvalue weighted by atomic mass is 16.7. The average Bonchev–Trinajstić information content (AvgIpc) is 3.83. The van der Waals surface area contributed by atoms with Crippen molar-refractivity contribution < 1.29 is 73.4 Å². The minimum atomic E-state index is -2.10. The van der Waals surface area contributed by atoms with E-state index < -0.39 is 97.3 Å². The number of rotatable bonds is 3. The van der Waals surface area contributed by atoms with E-state index in [4.69, 9.17) is 29.4 Å². The first-order valence-corrected chi connectivity index (χ1v) is 18.5. The van der Waals surface area contributed by atoms with Gasteiger partial charge in [0.2, 0.25) is 0 Å². The summed E-state index contributed by atoms with van der Waals surface area (Å²) in [6.45, 7) is 8.79. The Balaban J connectivity index is 0.000000912. The van der Waals surface area contributed by atoms with Crippen molar-refractivity contribution in [2.75, 3.05) is 7.11 Å². The monoisotopic (exact) mass is 781 g/mol. The van der Waals surface area contributed by atoms with Gasteiger partial charge in [-0.15, -0.1) is 0 Å². The van der Waals surface area contributed by atoms with Gasteiger partial charge < -0.3 is 64.8 Å². The third-order valence-electron chi connectivity index (χ3n) is 9.37. The molecule has 16 nitrogen and oxygen atoms in total. The van der Waals surface area contributed by atoms with Crippen LogP contribution in [-0.4, -0.2) is 135 Å². The Morgan fingerprint density at radius 3 is 2.18 bits per heavy atom. The topological polar surface area (TPSA) is 257 Å². The molecule has 0 aromatic heterocycles. The Labute approximate surface area is 321 Å². The van der Waals surface area contributed by atoms with Crippen molar-refractivity contribution >= 4 is 17.9 Å². The van der Waals surface area contributed by atoms with Crippen LogP contribution < -0.4 is 5.73 Å². The summed E-state index contributed by atoms with van der Waals surface area (Å²) in [5, 5.41) is 63.9. The summed E-state index contributed by atoms with van der Waals surface area (Å²) in [6, 6.07) is -1.08. The van der Waals surface area contributed by atoms with E-state index >= 15 is 0 Å². The number of esters is 2. The molecule has 14 atom stereocenters. The number of carboxylic acid groups (broad SMARTS) is 1. The number of aliphatic hydroxyl groups is 5. The molecule has 4 aliphatic heterocycles. The van der Waals surface area contributed by atoms with Crippen molar-refractivity contribution in [3.8, 4) is 0 Å². The van der Waals surface area contributed by atoms with Crippen LogP contribution in [0.15, 0.2) is 60.8 Å². The van der Waals surface area contributed by atoms with Crippen molar-refractivity contribution in [2.45, 2.75) is 146 Å². The van der Waals surface area contributed by atoms with Crippen molar-refractivity contribution in [1.29, 1.82) is 0 Å². The van der Waals surface area contributed by atoms with Gasteiger partial charge in [-0.3, -0.25) is 9.59 Å². The van der Waals surface area contributed by atoms with Gasteiger partial charge in [-0.2, -0.15) is 0 Å². The molecule has 0 aliphatic carbocycles. The van der Waals surface area contributed by atoms with Crippen molar-refractivity contribution in [3.63, 3.8) is 0 Å². The maximum absolute atomic E-state index is 12.3. The first kappa shape index (κ1) is 46.1. The lowest BCUT2D eigenvalue weighted by Crippen LogP contribution is -2.61. The van der Waals surface area contributed by atoms with E-state index in [0.29, 0.717) is 6.42 Å². The van der Waals surface area contributed by atoms with Crippen molar-refractivity contribution in [2.24, 2.45) is 17.1 Å². The lowest BCUT2D eigenvalue weighted by atomic mass is 9.83. The fourth-order valence-electron chi connectivity index (χ4n) is 6.31. The number of epoxide rings is 1. The number of nitrogens with two attached hydrogens (primary N) is 1. The molecule has 0 aromatic rings. The Kier molecular flexibility index (Phi) is 17.4. The summed E-state index contributed by atoms with van der Waals surface area (Å²) in [5.74, 6) is -5.62. The predicted octanol–water partition coefficient (Wildman–Crippen LogP) is 1.33. The van der Waals surface area contributed by atoms with Gasteiger partial charge in [0.15, 0.2) is 12.1 Å². The summed E-state index contributed by atoms with van der Waals surface area (Å²) >= 11 is 0. The highest BCUT2D eigenvalue weighted by Crippen LogP contribution is 2.39. The van der Waals surface area contributed by atoms with Crippen LogP contribution in [0.3, 0.4) is 0 Å². The molecule has 4 rings (SSSR count). The lowest BCUT2D eigenvalue weighted by molar-refractivity contribution is -0.308. The zero-order valence-electron chi connectivity index (χ0n) is 32.2. The van der Waals surface area contributed by atoms with Crippen LogP contribution in [-0.2, 0) is 42.8 Å². The molecule has 55 heavy (non-hydrogen) atoms. The normalized spacial score (nSPS) is 42.0. The first-order valence-electron chi connectivity index (χ1n) is 18.5. The first-order chi connectivity index (χ1) is 25.7. The minimum Gasteiger partial charge on any atom is -0.481 e. The van der Waals surface area contributed by atoms with Crippen LogP contribution in [0.5, 0.6) is 0 Å². The number of allylic oxidation sites excluding steroid dienone is 6. The minimum absolute atomic E-state index is 0.0789. The highest BCUT2D eigenvalue weighted by molar-refractivity contribution is 5.82. The number of methoxy groups -OCH3 is 1. The maximum Gasteiger partial charge on any atom is 0.330 e. The molecular formula is C39H59NO15. The zero-order valence-corrected chi connectivity index (χ0v) is 32.2. The van der Waals surface area contributed by atoms with E-state index in [-0.39, 0.29) is 36.8 Å². The van der Waals surface area contributed by atoms with Gasteiger partial charge in [0.05, 0.1) is 61.3 Å². The van der Waals surface area contributed by atoms with Crippen molar-refractivity contribution in [1.82, 2.24) is 0 Å². The van der Waals surface area contributed by atoms with Gasteiger partial charge >= 0.3 is 17.9 Å². The molecule has 0 saturated carbocycles. The molecule has 0 spiro atoms. The summed E-state index contributed by atoms with van der Waals surface area (Å²) in [5.41, 5.74) is 5.62. The fraction of sp³-hybridized carbons (Fsp3) is 0.667. The van der Waals surface area contributed by atoms with Crippen LogP contribution in [0.25, 0.3) is 0 Å². The standard InChI is InChI=1S/C33H47NO13.C6H12O2/c1-18-10-8-6-4-3-5-7-9-11-21(45-32-30(39)28(34)29(38)19(2)44-32)15-25-27(31(40)41)22(36)17-33(42,47-25)16-20(35)14-24-23(46-24)12-13-26(37)43-18;1-6(2,3)5(7)8-4/h3-9,11-13,18-25,27-30,32,35-36,38-39,42H,10,14-17,34H2,1-2H3,(H,40,41);1-4H3/b4-3+,7-5+,8-6+,11-9+,13-12+;/t18-,19-,20+,21+,22+,23-,24-,25+,27-,28+,29-,30+,32+,33-;/m1./s1. The second kappa shape index (κ2) is 20.8. The van der Waals surface area contributed by atoms with E-state index in [1.807, 2.05) is 26.8 Å². The number of carboxylic acids is 1. The quantitative estimate of drug-likeness (QED) is 0.157. The average molecular weight is 782 g/mol. The Morgan fingerprint density at radius 2 is 1.56 bits per heavy atom. The molecule has 0 unspecified atom stereocenters. The molecule has 3 fully saturated rings. The van der Waals surface area contributed by atoms with Crippen molar-refractivity contribution in [3.05, 3.63) is 60.8 Å². The Morgan fingerprint density at radius 1 is 0.909 bits per heavy atom. The molecule has 0 amide bonds. The third-order valence-corrected chi connectivity index (χ3v) is 9.37. The number of aliphatic carboxylic acids is 1. The second-order valence-corrected chi connectivity index (χ2v) is 15.3. The van der Waals surface area contributed by atoms with Crippen LogP contribution in [0.1, 0.15) is 66.7 Å². The van der Waals surface area contributed by atoms with Crippen LogP contribution in [0.4, 0.5) is 0 Å². The lowest BCUT2D eigenvalue weighted by Gasteiger charge is -2.45. The molecule has 4 aliphatic rings. The summed E-state index contributed by atoms with van der Waals surface area (Å²) in [6.07, 6.45) is 5.25. The van der Waals surface area contributed by atoms with E-state index in [1.54, 1.807) is 56.4 Å². The summed E-state index contributed by atoms with van der Waals surface area (Å²) in [4.78, 5) is 35.0. The van der Waals surface area contributed by atoms with E-state index in [0.717, 1.165) is 0 Å². The molecule has 16 heteroatoms. The molecule has 0 aromatic carbocycles. The van der Waals surface area contributed by atoms with Gasteiger partial charge in [-0.25, -0.2) is 4.79 Å². The smallest absolute Gasteiger partial charge is 0.330 e. The molecule has 2 bridgehead atoms. The molecule has 0 radical (unpaired) electrons. The molecule has 310 valence electrons. The Hall–Kier alpha value is -3.29. The molecule has 8 N–H and O–H groups in total. The molecule has 4 heterocycles. The summed E-state index contributed by atoms with van der Waals surface area (Å²) < 4.78 is 33.0. The summed E-state index contributed by atoms with van der Waals surface area (Å²) in [7, 11) is 1.40. The predicted molar refractivity (Wildman–Crippen MR) is 197 cm³/mol. The number of hydrogen-bond donors (Lipinski definition) is 7. The van der Waals surface area contributed by atoms with Gasteiger partial charge in [0.1, 0.15) is 24.2 Å². The molecular weight excluding hydrogens is 722 g/mol. The van der Waals surface area contributed by atoms with Crippen LogP contribution >= 0.6 is 0 Å². The number of ether oxygens (including phenoxy) is 6.